The Bertz CT molecular complexity index is 551. The Balaban J connectivity index is 1.88. The number of sulfonamides is 1. The maximum atomic E-state index is 12.1. The van der Waals surface area contributed by atoms with E-state index in [9.17, 15) is 13.2 Å². The molecule has 0 bridgehead atoms. The molecule has 1 aliphatic heterocycles. The van der Waals surface area contributed by atoms with Gasteiger partial charge in [-0.25, -0.2) is 12.7 Å². The first-order chi connectivity index (χ1) is 8.88. The minimum Gasteiger partial charge on any atom is -0.341 e. The van der Waals surface area contributed by atoms with Crippen LogP contribution >= 0.6 is 0 Å². The zero-order valence-electron chi connectivity index (χ0n) is 11.1. The molecule has 0 saturated carbocycles. The molecule has 0 aliphatic carbocycles. The third-order valence-corrected chi connectivity index (χ3v) is 4.54. The summed E-state index contributed by atoms with van der Waals surface area (Å²) in [6.07, 6.45) is 1.17. The summed E-state index contributed by atoms with van der Waals surface area (Å²) >= 11 is 0. The molecule has 2 rings (SSSR count). The minimum atomic E-state index is -3.15. The van der Waals surface area contributed by atoms with Crippen LogP contribution in [-0.2, 0) is 21.4 Å². The Hall–Kier alpha value is -1.40. The van der Waals surface area contributed by atoms with Gasteiger partial charge in [0.1, 0.15) is 0 Å². The topological polar surface area (TPSA) is 57.7 Å². The summed E-state index contributed by atoms with van der Waals surface area (Å²) in [5.41, 5.74) is 1.07. The van der Waals surface area contributed by atoms with Gasteiger partial charge in [-0.1, -0.05) is 30.3 Å². The fourth-order valence-electron chi connectivity index (χ4n) is 2.11. The van der Waals surface area contributed by atoms with E-state index in [0.29, 0.717) is 19.6 Å². The van der Waals surface area contributed by atoms with Gasteiger partial charge in [0, 0.05) is 26.7 Å². The van der Waals surface area contributed by atoms with Crippen LogP contribution in [-0.4, -0.2) is 49.9 Å². The number of carbonyl (C=O) groups excluding carboxylic acids is 1. The SMILES string of the molecule is CN(Cc1ccccc1)C(=O)C1CN(S(C)(=O)=O)C1. The molecule has 1 heterocycles. The van der Waals surface area contributed by atoms with Crippen molar-refractivity contribution in [3.05, 3.63) is 35.9 Å². The second kappa shape index (κ2) is 5.30. The van der Waals surface area contributed by atoms with E-state index in [1.165, 1.54) is 10.6 Å². The predicted octanol–water partition coefficient (Wildman–Crippen LogP) is 0.536. The number of benzene rings is 1. The van der Waals surface area contributed by atoms with Crippen LogP contribution in [0.15, 0.2) is 30.3 Å². The van der Waals surface area contributed by atoms with Gasteiger partial charge in [-0.3, -0.25) is 4.79 Å². The molecule has 0 atom stereocenters. The quantitative estimate of drug-likeness (QED) is 0.810. The average Bonchev–Trinajstić information content (AvgIpc) is 2.26. The molecule has 104 valence electrons. The summed E-state index contributed by atoms with van der Waals surface area (Å²) < 4.78 is 23.8. The van der Waals surface area contributed by atoms with Crippen LogP contribution < -0.4 is 0 Å². The zero-order valence-corrected chi connectivity index (χ0v) is 11.9. The Morgan fingerprint density at radius 1 is 1.32 bits per heavy atom. The molecule has 0 aromatic heterocycles. The third-order valence-electron chi connectivity index (χ3n) is 3.31. The summed E-state index contributed by atoms with van der Waals surface area (Å²) in [7, 11) is -1.41. The predicted molar refractivity (Wildman–Crippen MR) is 72.8 cm³/mol. The van der Waals surface area contributed by atoms with E-state index in [1.807, 2.05) is 30.3 Å². The average molecular weight is 282 g/mol. The van der Waals surface area contributed by atoms with E-state index >= 15 is 0 Å². The van der Waals surface area contributed by atoms with Crippen molar-refractivity contribution in [1.29, 1.82) is 0 Å². The number of carbonyl (C=O) groups is 1. The van der Waals surface area contributed by atoms with Crippen molar-refractivity contribution in [3.8, 4) is 0 Å². The van der Waals surface area contributed by atoms with Gasteiger partial charge in [0.25, 0.3) is 0 Å². The van der Waals surface area contributed by atoms with Crippen LogP contribution in [0.25, 0.3) is 0 Å². The molecule has 19 heavy (non-hydrogen) atoms. The molecule has 1 aromatic rings. The molecule has 0 unspecified atom stereocenters. The van der Waals surface area contributed by atoms with Gasteiger partial charge in [-0.05, 0) is 5.56 Å². The lowest BCUT2D eigenvalue weighted by Gasteiger charge is -2.38. The molecule has 0 spiro atoms. The number of nitrogens with zero attached hydrogens (tertiary/aromatic N) is 2. The lowest BCUT2D eigenvalue weighted by atomic mass is 10.0. The second-order valence-electron chi connectivity index (χ2n) is 4.96. The van der Waals surface area contributed by atoms with Crippen LogP contribution in [0.4, 0.5) is 0 Å². The zero-order chi connectivity index (χ0) is 14.0. The smallest absolute Gasteiger partial charge is 0.228 e. The summed E-state index contributed by atoms with van der Waals surface area (Å²) in [4.78, 5) is 13.8. The summed E-state index contributed by atoms with van der Waals surface area (Å²) in [5, 5.41) is 0. The van der Waals surface area contributed by atoms with Crippen LogP contribution in [0, 0.1) is 5.92 Å². The van der Waals surface area contributed by atoms with Crippen LogP contribution in [0.3, 0.4) is 0 Å². The summed E-state index contributed by atoms with van der Waals surface area (Å²) in [5.74, 6) is -0.202. The van der Waals surface area contributed by atoms with Crippen molar-refractivity contribution < 1.29 is 13.2 Å². The molecule has 0 N–H and O–H groups in total. The monoisotopic (exact) mass is 282 g/mol. The highest BCUT2D eigenvalue weighted by atomic mass is 32.2. The lowest BCUT2D eigenvalue weighted by molar-refractivity contribution is -0.138. The number of hydrogen-bond acceptors (Lipinski definition) is 3. The second-order valence-corrected chi connectivity index (χ2v) is 6.94. The molecular weight excluding hydrogens is 264 g/mol. The van der Waals surface area contributed by atoms with Crippen LogP contribution in [0.2, 0.25) is 0 Å². The van der Waals surface area contributed by atoms with Crippen molar-refractivity contribution in [2.45, 2.75) is 6.54 Å². The van der Waals surface area contributed by atoms with Gasteiger partial charge < -0.3 is 4.90 Å². The Kier molecular flexibility index (Phi) is 3.91. The Morgan fingerprint density at radius 3 is 2.42 bits per heavy atom. The number of rotatable bonds is 4. The van der Waals surface area contributed by atoms with Gasteiger partial charge in [0.2, 0.25) is 15.9 Å². The largest absolute Gasteiger partial charge is 0.341 e. The Labute approximate surface area is 113 Å². The molecule has 5 nitrogen and oxygen atoms in total. The van der Waals surface area contributed by atoms with Crippen molar-refractivity contribution in [2.24, 2.45) is 5.92 Å². The molecular formula is C13H18N2O3S. The maximum absolute atomic E-state index is 12.1. The molecule has 1 saturated heterocycles. The normalized spacial score (nSPS) is 16.9. The fraction of sp³-hybridized carbons (Fsp3) is 0.462. The van der Waals surface area contributed by atoms with E-state index < -0.39 is 10.0 Å². The van der Waals surface area contributed by atoms with Crippen LogP contribution in [0.5, 0.6) is 0 Å². The molecule has 1 fully saturated rings. The molecule has 6 heteroatoms. The standard InChI is InChI=1S/C13H18N2O3S/c1-14(8-11-6-4-3-5-7-11)13(16)12-9-15(10-12)19(2,17)18/h3-7,12H,8-10H2,1-2H3. The highest BCUT2D eigenvalue weighted by Gasteiger charge is 2.38. The van der Waals surface area contributed by atoms with Crippen molar-refractivity contribution >= 4 is 15.9 Å². The summed E-state index contributed by atoms with van der Waals surface area (Å²) in [6.45, 7) is 1.16. The molecule has 1 aliphatic rings. The first-order valence-corrected chi connectivity index (χ1v) is 7.97. The first-order valence-electron chi connectivity index (χ1n) is 6.12. The third kappa shape index (κ3) is 3.33. The first kappa shape index (κ1) is 14.0. The highest BCUT2D eigenvalue weighted by molar-refractivity contribution is 7.88. The lowest BCUT2D eigenvalue weighted by Crippen LogP contribution is -2.55. The summed E-state index contributed by atoms with van der Waals surface area (Å²) in [6, 6.07) is 9.73. The van der Waals surface area contributed by atoms with Crippen molar-refractivity contribution in [3.63, 3.8) is 0 Å². The van der Waals surface area contributed by atoms with Crippen LogP contribution in [0.1, 0.15) is 5.56 Å². The van der Waals surface area contributed by atoms with E-state index in [-0.39, 0.29) is 11.8 Å². The van der Waals surface area contributed by atoms with E-state index in [1.54, 1.807) is 11.9 Å². The maximum Gasteiger partial charge on any atom is 0.228 e. The van der Waals surface area contributed by atoms with Gasteiger partial charge in [0.05, 0.1) is 12.2 Å². The van der Waals surface area contributed by atoms with Crippen molar-refractivity contribution in [2.75, 3.05) is 26.4 Å². The molecule has 1 aromatic carbocycles. The van der Waals surface area contributed by atoms with Gasteiger partial charge in [-0.2, -0.15) is 0 Å². The van der Waals surface area contributed by atoms with E-state index in [0.717, 1.165) is 5.56 Å². The Morgan fingerprint density at radius 2 is 1.89 bits per heavy atom. The minimum absolute atomic E-state index is 0.00348. The van der Waals surface area contributed by atoms with Gasteiger partial charge in [-0.15, -0.1) is 0 Å². The van der Waals surface area contributed by atoms with E-state index in [4.69, 9.17) is 0 Å². The highest BCUT2D eigenvalue weighted by Crippen LogP contribution is 2.21. The van der Waals surface area contributed by atoms with E-state index in [2.05, 4.69) is 0 Å². The molecule has 1 amide bonds. The fourth-order valence-corrected chi connectivity index (χ4v) is 3.01. The molecule has 0 radical (unpaired) electrons. The number of hydrogen-bond donors (Lipinski definition) is 0. The number of amides is 1. The van der Waals surface area contributed by atoms with Gasteiger partial charge >= 0.3 is 0 Å². The van der Waals surface area contributed by atoms with Gasteiger partial charge in [0.15, 0.2) is 0 Å². The van der Waals surface area contributed by atoms with Crippen molar-refractivity contribution in [1.82, 2.24) is 9.21 Å².